The van der Waals surface area contributed by atoms with Gasteiger partial charge in [0.05, 0.1) is 11.3 Å². The summed E-state index contributed by atoms with van der Waals surface area (Å²) in [5.74, 6) is 0.416. The highest BCUT2D eigenvalue weighted by molar-refractivity contribution is 5.99. The molecule has 4 rings (SSSR count). The van der Waals surface area contributed by atoms with Crippen LogP contribution in [0, 0.1) is 13.8 Å². The number of carbonyl (C=O) groups excluding carboxylic acids is 2. The van der Waals surface area contributed by atoms with Gasteiger partial charge in [-0.3, -0.25) is 14.6 Å². The molecule has 2 amide bonds. The molecule has 33 heavy (non-hydrogen) atoms. The van der Waals surface area contributed by atoms with Crippen LogP contribution < -0.4 is 0 Å². The summed E-state index contributed by atoms with van der Waals surface area (Å²) in [5, 5.41) is 0. The van der Waals surface area contributed by atoms with Crippen LogP contribution in [0.4, 0.5) is 0 Å². The molecular weight excluding hydrogens is 414 g/mol. The number of piperazine rings is 1. The summed E-state index contributed by atoms with van der Waals surface area (Å²) in [6.07, 6.45) is 6.45. The van der Waals surface area contributed by atoms with Gasteiger partial charge in [0.2, 0.25) is 5.91 Å². The minimum absolute atomic E-state index is 0.0110. The lowest BCUT2D eigenvalue weighted by Gasteiger charge is -2.41. The van der Waals surface area contributed by atoms with E-state index in [1.54, 1.807) is 24.2 Å². The zero-order valence-corrected chi connectivity index (χ0v) is 19.4. The summed E-state index contributed by atoms with van der Waals surface area (Å²) in [4.78, 5) is 43.5. The molecule has 1 fully saturated rings. The molecule has 1 saturated heterocycles. The van der Waals surface area contributed by atoms with Crippen molar-refractivity contribution in [1.82, 2.24) is 24.8 Å². The lowest BCUT2D eigenvalue weighted by Crippen LogP contribution is -2.59. The van der Waals surface area contributed by atoms with Crippen molar-refractivity contribution in [3.8, 4) is 11.1 Å². The molecular formula is C26H29N5O2. The van der Waals surface area contributed by atoms with Gasteiger partial charge in [-0.2, -0.15) is 0 Å². The van der Waals surface area contributed by atoms with Gasteiger partial charge < -0.3 is 9.80 Å². The van der Waals surface area contributed by atoms with Gasteiger partial charge in [0.25, 0.3) is 5.91 Å². The van der Waals surface area contributed by atoms with Crippen LogP contribution in [0.1, 0.15) is 40.8 Å². The molecule has 7 nitrogen and oxygen atoms in total. The average molecular weight is 444 g/mol. The maximum Gasteiger partial charge on any atom is 0.258 e. The molecule has 1 atom stereocenters. The van der Waals surface area contributed by atoms with Crippen LogP contribution in [0.5, 0.6) is 0 Å². The molecule has 0 unspecified atom stereocenters. The molecule has 170 valence electrons. The Balaban J connectivity index is 1.70. The summed E-state index contributed by atoms with van der Waals surface area (Å²) in [6, 6.07) is 11.3. The molecule has 3 heterocycles. The van der Waals surface area contributed by atoms with Gasteiger partial charge in [0, 0.05) is 50.2 Å². The van der Waals surface area contributed by atoms with Gasteiger partial charge >= 0.3 is 0 Å². The number of carbonyl (C=O) groups is 2. The summed E-state index contributed by atoms with van der Waals surface area (Å²) in [7, 11) is 0. The largest absolute Gasteiger partial charge is 0.339 e. The van der Waals surface area contributed by atoms with E-state index in [2.05, 4.69) is 21.9 Å². The van der Waals surface area contributed by atoms with Crippen molar-refractivity contribution < 1.29 is 9.59 Å². The zero-order valence-electron chi connectivity index (χ0n) is 19.4. The highest BCUT2D eigenvalue weighted by Crippen LogP contribution is 2.27. The molecule has 0 aliphatic carbocycles. The van der Waals surface area contributed by atoms with E-state index in [1.165, 1.54) is 0 Å². The third-order valence-electron chi connectivity index (χ3n) is 6.07. The van der Waals surface area contributed by atoms with Crippen molar-refractivity contribution in [3.05, 3.63) is 77.6 Å². The number of aromatic nitrogens is 3. The Labute approximate surface area is 194 Å². The normalized spacial score (nSPS) is 16.2. The van der Waals surface area contributed by atoms with E-state index in [0.717, 1.165) is 23.1 Å². The number of hydrogen-bond donors (Lipinski definition) is 0. The average Bonchev–Trinajstić information content (AvgIpc) is 2.82. The molecule has 0 radical (unpaired) electrons. The fourth-order valence-electron chi connectivity index (χ4n) is 4.43. The molecule has 1 aliphatic rings. The Morgan fingerprint density at radius 2 is 1.91 bits per heavy atom. The van der Waals surface area contributed by atoms with Crippen LogP contribution in [0.3, 0.4) is 0 Å². The Morgan fingerprint density at radius 3 is 2.64 bits per heavy atom. The zero-order chi connectivity index (χ0) is 23.4. The van der Waals surface area contributed by atoms with Gasteiger partial charge in [0.1, 0.15) is 11.9 Å². The van der Waals surface area contributed by atoms with Crippen LogP contribution in [0.15, 0.2) is 55.0 Å². The summed E-state index contributed by atoms with van der Waals surface area (Å²) in [6.45, 7) is 7.37. The van der Waals surface area contributed by atoms with Gasteiger partial charge in [-0.15, -0.1) is 0 Å². The molecule has 7 heteroatoms. The smallest absolute Gasteiger partial charge is 0.258 e. The van der Waals surface area contributed by atoms with Crippen LogP contribution in [0.2, 0.25) is 0 Å². The fourth-order valence-corrected chi connectivity index (χ4v) is 4.43. The van der Waals surface area contributed by atoms with E-state index < -0.39 is 6.04 Å². The summed E-state index contributed by atoms with van der Waals surface area (Å²) in [5.41, 5.74) is 4.10. The third kappa shape index (κ3) is 4.77. The van der Waals surface area contributed by atoms with Gasteiger partial charge in [-0.05, 0) is 37.5 Å². The van der Waals surface area contributed by atoms with E-state index in [1.807, 2.05) is 54.4 Å². The molecule has 0 spiro atoms. The molecule has 0 saturated carbocycles. The van der Waals surface area contributed by atoms with Crippen LogP contribution >= 0.6 is 0 Å². The van der Waals surface area contributed by atoms with Crippen LogP contribution in [-0.2, 0) is 11.2 Å². The molecule has 1 aliphatic heterocycles. The first-order valence-electron chi connectivity index (χ1n) is 11.4. The molecule has 1 aromatic carbocycles. The number of amides is 2. The number of pyridine rings is 1. The maximum atomic E-state index is 13.6. The van der Waals surface area contributed by atoms with Gasteiger partial charge in [0.15, 0.2) is 0 Å². The van der Waals surface area contributed by atoms with Gasteiger partial charge in [-0.1, -0.05) is 37.3 Å². The lowest BCUT2D eigenvalue weighted by atomic mass is 9.93. The van der Waals surface area contributed by atoms with Crippen LogP contribution in [-0.4, -0.2) is 62.2 Å². The summed E-state index contributed by atoms with van der Waals surface area (Å²) >= 11 is 0. The Hall–Kier alpha value is -3.61. The standard InChI is InChI=1S/C26H29N5O2/c1-4-12-30-13-14-31(25(32)23-17-28-19(3)29-18(23)2)24(26(30)33)15-20-8-5-6-10-22(20)21-9-7-11-27-16-21/h5-11,16-17,24H,4,12-15H2,1-3H3/t24-/m1/s1. The first-order valence-corrected chi connectivity index (χ1v) is 11.4. The lowest BCUT2D eigenvalue weighted by molar-refractivity contribution is -0.140. The number of nitrogens with zero attached hydrogens (tertiary/aromatic N) is 5. The topological polar surface area (TPSA) is 79.3 Å². The van der Waals surface area contributed by atoms with E-state index in [9.17, 15) is 9.59 Å². The van der Waals surface area contributed by atoms with Gasteiger partial charge in [-0.25, -0.2) is 9.97 Å². The quantitative estimate of drug-likeness (QED) is 0.583. The van der Waals surface area contributed by atoms with Crippen molar-refractivity contribution in [1.29, 1.82) is 0 Å². The van der Waals surface area contributed by atoms with Crippen molar-refractivity contribution in [3.63, 3.8) is 0 Å². The predicted molar refractivity (Wildman–Crippen MR) is 127 cm³/mol. The first kappa shape index (κ1) is 22.6. The highest BCUT2D eigenvalue weighted by atomic mass is 16.2. The first-order chi connectivity index (χ1) is 16.0. The minimum atomic E-state index is -0.587. The number of benzene rings is 1. The van der Waals surface area contributed by atoms with Crippen molar-refractivity contribution in [2.75, 3.05) is 19.6 Å². The maximum absolute atomic E-state index is 13.6. The Morgan fingerprint density at radius 1 is 1.09 bits per heavy atom. The van der Waals surface area contributed by atoms with E-state index in [4.69, 9.17) is 0 Å². The second-order valence-corrected chi connectivity index (χ2v) is 8.36. The molecule has 0 N–H and O–H groups in total. The second kappa shape index (κ2) is 9.90. The highest BCUT2D eigenvalue weighted by Gasteiger charge is 2.38. The molecule has 2 aromatic heterocycles. The van der Waals surface area contributed by atoms with Crippen molar-refractivity contribution in [2.24, 2.45) is 0 Å². The number of aryl methyl sites for hydroxylation is 2. The van der Waals surface area contributed by atoms with Crippen LogP contribution in [0.25, 0.3) is 11.1 Å². The summed E-state index contributed by atoms with van der Waals surface area (Å²) < 4.78 is 0. The number of hydrogen-bond acceptors (Lipinski definition) is 5. The van der Waals surface area contributed by atoms with Crippen molar-refractivity contribution in [2.45, 2.75) is 39.7 Å². The Kier molecular flexibility index (Phi) is 6.77. The third-order valence-corrected chi connectivity index (χ3v) is 6.07. The number of rotatable bonds is 6. The minimum Gasteiger partial charge on any atom is -0.339 e. The fraction of sp³-hybridized carbons (Fsp3) is 0.346. The molecule has 3 aromatic rings. The predicted octanol–water partition coefficient (Wildman–Crippen LogP) is 3.46. The Bertz CT molecular complexity index is 1150. The molecule has 0 bridgehead atoms. The SMILES string of the molecule is CCCN1CCN(C(=O)c2cnc(C)nc2C)[C@H](Cc2ccccc2-c2cccnc2)C1=O. The van der Waals surface area contributed by atoms with Crippen molar-refractivity contribution >= 4 is 11.8 Å². The van der Waals surface area contributed by atoms with E-state index in [0.29, 0.717) is 43.1 Å². The van der Waals surface area contributed by atoms with E-state index >= 15 is 0 Å². The van der Waals surface area contributed by atoms with E-state index in [-0.39, 0.29) is 11.8 Å². The second-order valence-electron chi connectivity index (χ2n) is 8.36. The monoisotopic (exact) mass is 443 g/mol.